The fourth-order valence-electron chi connectivity index (χ4n) is 3.18. The molecule has 1 heterocycles. The zero-order valence-electron chi connectivity index (χ0n) is 14.2. The zero-order chi connectivity index (χ0) is 17.9. The first kappa shape index (κ1) is 18.6. The number of aliphatic carboxylic acids is 1. The Morgan fingerprint density at radius 1 is 1.42 bits per heavy atom. The SMILES string of the molecule is COc1cc(C)c(CN[C@@H]2CC[C@@H](C(=O)O)CCC2(F)F)c(C)n1. The number of nitrogens with zero attached hydrogens (tertiary/aromatic N) is 1. The van der Waals surface area contributed by atoms with Crippen LogP contribution in [0.1, 0.15) is 42.5 Å². The van der Waals surface area contributed by atoms with Gasteiger partial charge in [-0.3, -0.25) is 4.79 Å². The summed E-state index contributed by atoms with van der Waals surface area (Å²) in [5, 5.41) is 12.0. The average molecular weight is 342 g/mol. The third kappa shape index (κ3) is 4.20. The molecule has 2 rings (SSSR count). The topological polar surface area (TPSA) is 71.5 Å². The minimum absolute atomic E-state index is 0.0165. The van der Waals surface area contributed by atoms with E-state index in [9.17, 15) is 13.6 Å². The molecule has 1 aromatic rings. The van der Waals surface area contributed by atoms with Gasteiger partial charge in [0.2, 0.25) is 5.88 Å². The third-order valence-corrected chi connectivity index (χ3v) is 4.75. The van der Waals surface area contributed by atoms with Crippen LogP contribution in [0.2, 0.25) is 0 Å². The van der Waals surface area contributed by atoms with E-state index in [1.54, 1.807) is 6.07 Å². The van der Waals surface area contributed by atoms with Gasteiger partial charge in [-0.1, -0.05) is 0 Å². The Kier molecular flexibility index (Phi) is 5.74. The van der Waals surface area contributed by atoms with Gasteiger partial charge in [0, 0.05) is 24.7 Å². The molecule has 2 N–H and O–H groups in total. The van der Waals surface area contributed by atoms with E-state index < -0.39 is 30.3 Å². The molecule has 2 atom stereocenters. The van der Waals surface area contributed by atoms with Gasteiger partial charge in [-0.05, 0) is 44.2 Å². The van der Waals surface area contributed by atoms with E-state index in [0.29, 0.717) is 5.88 Å². The number of rotatable bonds is 5. The van der Waals surface area contributed by atoms with Crippen LogP contribution < -0.4 is 10.1 Å². The van der Waals surface area contributed by atoms with E-state index in [4.69, 9.17) is 9.84 Å². The zero-order valence-corrected chi connectivity index (χ0v) is 14.2. The molecule has 1 aliphatic carbocycles. The first-order valence-corrected chi connectivity index (χ1v) is 8.09. The second-order valence-electron chi connectivity index (χ2n) is 6.39. The number of pyridine rings is 1. The molecular formula is C17H24F2N2O3. The summed E-state index contributed by atoms with van der Waals surface area (Å²) in [6.07, 6.45) is 0.0240. The lowest BCUT2D eigenvalue weighted by Gasteiger charge is -2.26. The molecule has 24 heavy (non-hydrogen) atoms. The van der Waals surface area contributed by atoms with Crippen molar-refractivity contribution in [3.05, 3.63) is 22.9 Å². The maximum atomic E-state index is 14.3. The highest BCUT2D eigenvalue weighted by molar-refractivity contribution is 5.69. The van der Waals surface area contributed by atoms with E-state index >= 15 is 0 Å². The molecule has 0 bridgehead atoms. The van der Waals surface area contributed by atoms with Gasteiger partial charge in [0.15, 0.2) is 0 Å². The second kappa shape index (κ2) is 7.42. The number of methoxy groups -OCH3 is 1. The van der Waals surface area contributed by atoms with Crippen molar-refractivity contribution in [2.45, 2.75) is 58.0 Å². The number of carboxylic acid groups (broad SMARTS) is 1. The Morgan fingerprint density at radius 2 is 2.12 bits per heavy atom. The van der Waals surface area contributed by atoms with Gasteiger partial charge in [0.05, 0.1) is 19.1 Å². The summed E-state index contributed by atoms with van der Waals surface area (Å²) in [6, 6.07) is 0.748. The number of carbonyl (C=O) groups is 1. The lowest BCUT2D eigenvalue weighted by atomic mass is 10.0. The second-order valence-corrected chi connectivity index (χ2v) is 6.39. The lowest BCUT2D eigenvalue weighted by Crippen LogP contribution is -2.44. The van der Waals surface area contributed by atoms with E-state index in [2.05, 4.69) is 10.3 Å². The van der Waals surface area contributed by atoms with Crippen molar-refractivity contribution in [1.82, 2.24) is 10.3 Å². The highest BCUT2D eigenvalue weighted by Gasteiger charge is 2.43. The number of carboxylic acids is 1. The Balaban J connectivity index is 2.09. The van der Waals surface area contributed by atoms with Gasteiger partial charge >= 0.3 is 5.97 Å². The number of hydrogen-bond acceptors (Lipinski definition) is 4. The lowest BCUT2D eigenvalue weighted by molar-refractivity contribution is -0.142. The van der Waals surface area contributed by atoms with Gasteiger partial charge < -0.3 is 15.2 Å². The Labute approximate surface area is 140 Å². The molecule has 134 valence electrons. The molecule has 1 aliphatic rings. The fraction of sp³-hybridized carbons (Fsp3) is 0.647. The van der Waals surface area contributed by atoms with Crippen LogP contribution in [0.25, 0.3) is 0 Å². The summed E-state index contributed by atoms with van der Waals surface area (Å²) in [7, 11) is 1.53. The van der Waals surface area contributed by atoms with Gasteiger partial charge in [-0.25, -0.2) is 13.8 Å². The summed E-state index contributed by atoms with van der Waals surface area (Å²) < 4.78 is 33.7. The number of halogens is 2. The van der Waals surface area contributed by atoms with Crippen LogP contribution in [0.3, 0.4) is 0 Å². The summed E-state index contributed by atoms with van der Waals surface area (Å²) in [5.41, 5.74) is 2.53. The molecule has 0 saturated heterocycles. The molecule has 5 nitrogen and oxygen atoms in total. The summed E-state index contributed by atoms with van der Waals surface area (Å²) in [6.45, 7) is 3.98. The maximum Gasteiger partial charge on any atom is 0.306 e. The Hall–Kier alpha value is -1.76. The monoisotopic (exact) mass is 342 g/mol. The first-order chi connectivity index (χ1) is 11.2. The predicted molar refractivity (Wildman–Crippen MR) is 85.4 cm³/mol. The first-order valence-electron chi connectivity index (χ1n) is 8.09. The van der Waals surface area contributed by atoms with Crippen LogP contribution in [0.5, 0.6) is 5.88 Å². The summed E-state index contributed by atoms with van der Waals surface area (Å²) >= 11 is 0. The molecule has 1 saturated carbocycles. The van der Waals surface area contributed by atoms with E-state index in [1.165, 1.54) is 7.11 Å². The van der Waals surface area contributed by atoms with Gasteiger partial charge in [-0.2, -0.15) is 0 Å². The quantitative estimate of drug-likeness (QED) is 0.805. The summed E-state index contributed by atoms with van der Waals surface area (Å²) in [5.74, 6) is -4.09. The number of aryl methyl sites for hydroxylation is 2. The van der Waals surface area contributed by atoms with Crippen LogP contribution in [-0.2, 0) is 11.3 Å². The predicted octanol–water partition coefficient (Wildman–Crippen LogP) is 3.08. The van der Waals surface area contributed by atoms with E-state index in [1.807, 2.05) is 13.8 Å². The molecule has 0 amide bonds. The fourth-order valence-corrected chi connectivity index (χ4v) is 3.18. The van der Waals surface area contributed by atoms with Gasteiger partial charge in [-0.15, -0.1) is 0 Å². The smallest absolute Gasteiger partial charge is 0.306 e. The molecular weight excluding hydrogens is 318 g/mol. The number of alkyl halides is 2. The molecule has 0 aromatic carbocycles. The number of nitrogens with one attached hydrogen (secondary N) is 1. The van der Waals surface area contributed by atoms with Crippen LogP contribution in [0.15, 0.2) is 6.07 Å². The van der Waals surface area contributed by atoms with Gasteiger partial charge in [0.25, 0.3) is 5.92 Å². The van der Waals surface area contributed by atoms with Crippen molar-refractivity contribution >= 4 is 5.97 Å². The maximum absolute atomic E-state index is 14.3. The van der Waals surface area contributed by atoms with Crippen LogP contribution >= 0.6 is 0 Å². The molecule has 0 radical (unpaired) electrons. The number of ether oxygens (including phenoxy) is 1. The summed E-state index contributed by atoms with van der Waals surface area (Å²) in [4.78, 5) is 15.3. The van der Waals surface area contributed by atoms with Crippen molar-refractivity contribution in [2.24, 2.45) is 5.92 Å². The van der Waals surface area contributed by atoms with Crippen LogP contribution in [0.4, 0.5) is 8.78 Å². The van der Waals surface area contributed by atoms with Crippen LogP contribution in [0, 0.1) is 19.8 Å². The van der Waals surface area contributed by atoms with Crippen molar-refractivity contribution in [2.75, 3.05) is 7.11 Å². The standard InChI is InChI=1S/C17H24F2N2O3/c1-10-8-15(24-3)21-11(2)13(10)9-20-14-5-4-12(16(22)23)6-7-17(14,18)19/h8,12,14,20H,4-7,9H2,1-3H3,(H,22,23)/t12-,14-/m1/s1. The van der Waals surface area contributed by atoms with Crippen molar-refractivity contribution in [3.8, 4) is 5.88 Å². The minimum Gasteiger partial charge on any atom is -0.481 e. The molecule has 0 spiro atoms. The molecule has 1 aromatic heterocycles. The minimum atomic E-state index is -2.91. The molecule has 0 aliphatic heterocycles. The number of hydrogen-bond donors (Lipinski definition) is 2. The Morgan fingerprint density at radius 3 is 2.71 bits per heavy atom. The number of aromatic nitrogens is 1. The van der Waals surface area contributed by atoms with Gasteiger partial charge in [0.1, 0.15) is 0 Å². The third-order valence-electron chi connectivity index (χ3n) is 4.75. The van der Waals surface area contributed by atoms with E-state index in [-0.39, 0.29) is 25.8 Å². The Bertz CT molecular complexity index is 584. The molecule has 7 heteroatoms. The normalized spacial score (nSPS) is 23.5. The van der Waals surface area contributed by atoms with E-state index in [0.717, 1.165) is 16.8 Å². The largest absolute Gasteiger partial charge is 0.481 e. The van der Waals surface area contributed by atoms with Crippen molar-refractivity contribution < 1.29 is 23.4 Å². The highest BCUT2D eigenvalue weighted by atomic mass is 19.3. The molecule has 1 fully saturated rings. The average Bonchev–Trinajstić information content (AvgIpc) is 2.65. The van der Waals surface area contributed by atoms with Crippen LogP contribution in [-0.4, -0.2) is 35.1 Å². The highest BCUT2D eigenvalue weighted by Crippen LogP contribution is 2.35. The van der Waals surface area contributed by atoms with Crippen molar-refractivity contribution in [3.63, 3.8) is 0 Å². The molecule has 0 unspecified atom stereocenters. The van der Waals surface area contributed by atoms with Crippen molar-refractivity contribution in [1.29, 1.82) is 0 Å².